The molecule has 9 heavy (non-hydrogen) atoms. The van der Waals surface area contributed by atoms with Crippen LogP contribution in [0.4, 0.5) is 0 Å². The molecule has 1 rings (SSSR count). The third-order valence-electron chi connectivity index (χ3n) is 0.692. The van der Waals surface area contributed by atoms with Crippen molar-refractivity contribution in [1.82, 2.24) is 5.16 Å². The van der Waals surface area contributed by atoms with Gasteiger partial charge in [-0.15, -0.1) is 0 Å². The van der Waals surface area contributed by atoms with Crippen molar-refractivity contribution < 1.29 is 14.4 Å². The highest BCUT2D eigenvalue weighted by atomic mass is 35.5. The minimum absolute atomic E-state index is 0.0485. The molecule has 1 aromatic rings. The average Bonchev–Trinajstić information content (AvgIpc) is 2.14. The molecule has 0 aliphatic rings. The Morgan fingerprint density at radius 3 is 2.78 bits per heavy atom. The molecule has 0 aromatic carbocycles. The lowest BCUT2D eigenvalue weighted by Gasteiger charge is -1.76. The first-order valence-electron chi connectivity index (χ1n) is 2.05. The Bertz CT molecular complexity index is 231. The highest BCUT2D eigenvalue weighted by Gasteiger charge is 2.08. The smallest absolute Gasteiger partial charge is 0.374 e. The number of carboxylic acid groups (broad SMARTS) is 1. The molecular weight excluding hydrogens is 146 g/mol. The number of aromatic carboxylic acids is 1. The molecule has 1 aromatic heterocycles. The normalized spacial score (nSPS) is 9.44. The van der Waals surface area contributed by atoms with E-state index in [-0.39, 0.29) is 10.9 Å². The molecule has 0 saturated heterocycles. The predicted molar refractivity (Wildman–Crippen MR) is 28.5 cm³/mol. The first-order chi connectivity index (χ1) is 4.20. The first-order valence-corrected chi connectivity index (χ1v) is 2.43. The molecule has 0 radical (unpaired) electrons. The van der Waals surface area contributed by atoms with E-state index in [0.29, 0.717) is 0 Å². The van der Waals surface area contributed by atoms with E-state index < -0.39 is 5.97 Å². The Labute approximate surface area is 55.0 Å². The minimum Gasteiger partial charge on any atom is -0.475 e. The number of carboxylic acids is 1. The zero-order valence-corrected chi connectivity index (χ0v) is 4.92. The summed E-state index contributed by atoms with van der Waals surface area (Å²) in [6, 6.07) is 1.13. The number of aromatic nitrogens is 1. The molecule has 0 fully saturated rings. The van der Waals surface area contributed by atoms with Gasteiger partial charge in [-0.3, -0.25) is 0 Å². The number of halogens is 1. The van der Waals surface area contributed by atoms with Crippen LogP contribution >= 0.6 is 11.6 Å². The summed E-state index contributed by atoms with van der Waals surface area (Å²) in [5, 5.41) is 11.4. The molecule has 0 aliphatic carbocycles. The first kappa shape index (κ1) is 6.10. The zero-order chi connectivity index (χ0) is 6.85. The molecular formula is C4H2ClNO3. The average molecular weight is 148 g/mol. The molecule has 0 unspecified atom stereocenters. The van der Waals surface area contributed by atoms with E-state index in [0.717, 1.165) is 6.07 Å². The lowest BCUT2D eigenvalue weighted by atomic mass is 10.5. The van der Waals surface area contributed by atoms with E-state index in [2.05, 4.69) is 9.68 Å². The van der Waals surface area contributed by atoms with Crippen LogP contribution in [0.5, 0.6) is 0 Å². The molecule has 0 atom stereocenters. The standard InChI is InChI=1S/C4H2ClNO3/c5-3-1-2(4(7)8)9-6-3/h1H,(H,7,8). The number of nitrogens with zero attached hydrogens (tertiary/aromatic N) is 1. The third kappa shape index (κ3) is 1.20. The van der Waals surface area contributed by atoms with Gasteiger partial charge < -0.3 is 9.63 Å². The highest BCUT2D eigenvalue weighted by molar-refractivity contribution is 6.29. The topological polar surface area (TPSA) is 63.3 Å². The van der Waals surface area contributed by atoms with Crippen molar-refractivity contribution in [2.45, 2.75) is 0 Å². The highest BCUT2D eigenvalue weighted by Crippen LogP contribution is 2.07. The van der Waals surface area contributed by atoms with Crippen molar-refractivity contribution in [2.75, 3.05) is 0 Å². The lowest BCUT2D eigenvalue weighted by Crippen LogP contribution is -1.91. The van der Waals surface area contributed by atoms with Gasteiger partial charge in [0.2, 0.25) is 5.76 Å². The Hall–Kier alpha value is -1.03. The molecule has 5 heteroatoms. The summed E-state index contributed by atoms with van der Waals surface area (Å²) >= 11 is 5.24. The fourth-order valence-electron chi connectivity index (χ4n) is 0.354. The van der Waals surface area contributed by atoms with Crippen molar-refractivity contribution in [3.63, 3.8) is 0 Å². The summed E-state index contributed by atoms with van der Waals surface area (Å²) in [7, 11) is 0. The van der Waals surface area contributed by atoms with Gasteiger partial charge >= 0.3 is 5.97 Å². The second kappa shape index (κ2) is 2.06. The van der Waals surface area contributed by atoms with E-state index in [1.54, 1.807) is 0 Å². The van der Waals surface area contributed by atoms with E-state index >= 15 is 0 Å². The third-order valence-corrected chi connectivity index (χ3v) is 0.870. The SMILES string of the molecule is O=C(O)c1cc(Cl)no1. The van der Waals surface area contributed by atoms with E-state index in [1.165, 1.54) is 0 Å². The van der Waals surface area contributed by atoms with Gasteiger partial charge in [-0.25, -0.2) is 4.79 Å². The second-order valence-corrected chi connectivity index (χ2v) is 1.71. The van der Waals surface area contributed by atoms with Crippen LogP contribution in [0, 0.1) is 0 Å². The maximum Gasteiger partial charge on any atom is 0.374 e. The number of hydrogen-bond donors (Lipinski definition) is 1. The van der Waals surface area contributed by atoms with Crippen LogP contribution < -0.4 is 0 Å². The number of hydrogen-bond acceptors (Lipinski definition) is 3. The van der Waals surface area contributed by atoms with Crippen molar-refractivity contribution in [3.05, 3.63) is 17.0 Å². The molecule has 0 aliphatic heterocycles. The summed E-state index contributed by atoms with van der Waals surface area (Å²) in [5.74, 6) is -1.42. The van der Waals surface area contributed by atoms with Gasteiger partial charge in [0, 0.05) is 6.07 Å². The van der Waals surface area contributed by atoms with Gasteiger partial charge in [-0.2, -0.15) is 0 Å². The summed E-state index contributed by atoms with van der Waals surface area (Å²) in [4.78, 5) is 10.0. The van der Waals surface area contributed by atoms with Crippen LogP contribution in [0.3, 0.4) is 0 Å². The molecule has 1 N–H and O–H groups in total. The number of rotatable bonds is 1. The van der Waals surface area contributed by atoms with E-state index in [4.69, 9.17) is 16.7 Å². The fraction of sp³-hybridized carbons (Fsp3) is 0. The molecule has 48 valence electrons. The Morgan fingerprint density at radius 1 is 1.89 bits per heavy atom. The predicted octanol–water partition coefficient (Wildman–Crippen LogP) is 1.03. The Kier molecular flexibility index (Phi) is 1.40. The van der Waals surface area contributed by atoms with Gasteiger partial charge in [0.15, 0.2) is 5.15 Å². The monoisotopic (exact) mass is 147 g/mol. The van der Waals surface area contributed by atoms with Gasteiger partial charge in [0.05, 0.1) is 0 Å². The van der Waals surface area contributed by atoms with Gasteiger partial charge in [0.1, 0.15) is 0 Å². The number of carbonyl (C=O) groups is 1. The molecule has 4 nitrogen and oxygen atoms in total. The van der Waals surface area contributed by atoms with Crippen LogP contribution in [-0.4, -0.2) is 16.2 Å². The van der Waals surface area contributed by atoms with Crippen LogP contribution in [0.15, 0.2) is 10.6 Å². The summed E-state index contributed by atoms with van der Waals surface area (Å²) in [5.41, 5.74) is 0. The largest absolute Gasteiger partial charge is 0.475 e. The van der Waals surface area contributed by atoms with Gasteiger partial charge in [0.25, 0.3) is 0 Å². The summed E-state index contributed by atoms with van der Waals surface area (Å²) in [6.45, 7) is 0. The van der Waals surface area contributed by atoms with Crippen LogP contribution in [0.2, 0.25) is 5.15 Å². The van der Waals surface area contributed by atoms with Crippen LogP contribution in [-0.2, 0) is 0 Å². The van der Waals surface area contributed by atoms with E-state index in [1.807, 2.05) is 0 Å². The van der Waals surface area contributed by atoms with Crippen LogP contribution in [0.1, 0.15) is 10.6 Å². The molecule has 0 saturated carbocycles. The quantitative estimate of drug-likeness (QED) is 0.644. The van der Waals surface area contributed by atoms with Crippen molar-refractivity contribution in [1.29, 1.82) is 0 Å². The molecule has 0 bridgehead atoms. The molecule has 1 heterocycles. The molecule has 0 spiro atoms. The van der Waals surface area contributed by atoms with Crippen molar-refractivity contribution in [3.8, 4) is 0 Å². The van der Waals surface area contributed by atoms with E-state index in [9.17, 15) is 4.79 Å². The maximum absolute atomic E-state index is 10.0. The summed E-state index contributed by atoms with van der Waals surface area (Å²) < 4.78 is 4.24. The lowest BCUT2D eigenvalue weighted by molar-refractivity contribution is 0.0652. The van der Waals surface area contributed by atoms with Gasteiger partial charge in [-0.05, 0) is 0 Å². The second-order valence-electron chi connectivity index (χ2n) is 1.32. The Balaban J connectivity index is 2.98. The van der Waals surface area contributed by atoms with Crippen molar-refractivity contribution >= 4 is 17.6 Å². The van der Waals surface area contributed by atoms with Crippen LogP contribution in [0.25, 0.3) is 0 Å². The Morgan fingerprint density at radius 2 is 2.56 bits per heavy atom. The maximum atomic E-state index is 10.0. The van der Waals surface area contributed by atoms with Gasteiger partial charge in [-0.1, -0.05) is 16.8 Å². The fourth-order valence-corrected chi connectivity index (χ4v) is 0.488. The van der Waals surface area contributed by atoms with Crippen molar-refractivity contribution in [2.24, 2.45) is 0 Å². The molecule has 0 amide bonds. The minimum atomic E-state index is -1.17. The summed E-state index contributed by atoms with van der Waals surface area (Å²) in [6.07, 6.45) is 0. The zero-order valence-electron chi connectivity index (χ0n) is 4.17.